The molecule has 1 aliphatic rings. The number of methoxy groups -OCH3 is 1. The maximum absolute atomic E-state index is 5.82. The van der Waals surface area contributed by atoms with E-state index in [1.807, 2.05) is 0 Å². The van der Waals surface area contributed by atoms with Gasteiger partial charge in [-0.3, -0.25) is 0 Å². The summed E-state index contributed by atoms with van der Waals surface area (Å²) in [5.74, 6) is 0. The lowest BCUT2D eigenvalue weighted by molar-refractivity contribution is -0.0281. The molecule has 3 nitrogen and oxygen atoms in total. The minimum atomic E-state index is 0.423. The van der Waals surface area contributed by atoms with Crippen LogP contribution in [0.3, 0.4) is 0 Å². The third-order valence-electron chi connectivity index (χ3n) is 2.97. The van der Waals surface area contributed by atoms with Crippen molar-refractivity contribution >= 4 is 0 Å². The molecule has 0 heterocycles. The van der Waals surface area contributed by atoms with E-state index in [4.69, 9.17) is 9.47 Å². The zero-order valence-electron chi connectivity index (χ0n) is 10.1. The Labute approximate surface area is 93.5 Å². The Morgan fingerprint density at radius 3 is 2.73 bits per heavy atom. The summed E-state index contributed by atoms with van der Waals surface area (Å²) in [6, 6.07) is 0. The first-order valence-electron chi connectivity index (χ1n) is 6.22. The van der Waals surface area contributed by atoms with Gasteiger partial charge in [0.15, 0.2) is 0 Å². The number of ether oxygens (including phenoxy) is 2. The van der Waals surface area contributed by atoms with E-state index < -0.39 is 0 Å². The summed E-state index contributed by atoms with van der Waals surface area (Å²) >= 11 is 0. The van der Waals surface area contributed by atoms with Crippen LogP contribution in [0.2, 0.25) is 0 Å². The molecule has 0 aromatic rings. The van der Waals surface area contributed by atoms with Crippen LogP contribution < -0.4 is 5.32 Å². The van der Waals surface area contributed by atoms with Crippen LogP contribution in [0.1, 0.15) is 39.0 Å². The van der Waals surface area contributed by atoms with E-state index in [1.54, 1.807) is 7.11 Å². The van der Waals surface area contributed by atoms with Gasteiger partial charge in [-0.15, -0.1) is 0 Å². The average molecular weight is 215 g/mol. The predicted molar refractivity (Wildman–Crippen MR) is 62.2 cm³/mol. The fraction of sp³-hybridized carbons (Fsp3) is 1.00. The van der Waals surface area contributed by atoms with Gasteiger partial charge in [-0.2, -0.15) is 0 Å². The van der Waals surface area contributed by atoms with Crippen LogP contribution in [-0.2, 0) is 9.47 Å². The van der Waals surface area contributed by atoms with E-state index in [9.17, 15) is 0 Å². The quantitative estimate of drug-likeness (QED) is 0.659. The molecule has 90 valence electrons. The first-order chi connectivity index (χ1) is 7.36. The highest BCUT2D eigenvalue weighted by Gasteiger charge is 2.21. The van der Waals surface area contributed by atoms with Crippen molar-refractivity contribution in [1.29, 1.82) is 0 Å². The molecule has 0 spiro atoms. The molecule has 1 N–H and O–H groups in total. The standard InChI is InChI=1S/C12H25NO2/c1-3-7-13-8-9-15-12-6-4-5-11(10-12)14-2/h11-13H,3-10H2,1-2H3. The van der Waals surface area contributed by atoms with E-state index in [-0.39, 0.29) is 0 Å². The molecule has 0 radical (unpaired) electrons. The maximum Gasteiger partial charge on any atom is 0.0600 e. The molecule has 15 heavy (non-hydrogen) atoms. The summed E-state index contributed by atoms with van der Waals surface area (Å²) in [5, 5.41) is 3.34. The molecule has 0 saturated heterocycles. The second kappa shape index (κ2) is 8.08. The van der Waals surface area contributed by atoms with Crippen molar-refractivity contribution in [3.63, 3.8) is 0 Å². The van der Waals surface area contributed by atoms with Crippen LogP contribution in [0.25, 0.3) is 0 Å². The van der Waals surface area contributed by atoms with Gasteiger partial charge < -0.3 is 14.8 Å². The van der Waals surface area contributed by atoms with E-state index in [0.29, 0.717) is 12.2 Å². The molecule has 0 aliphatic heterocycles. The first kappa shape index (κ1) is 12.9. The first-order valence-corrected chi connectivity index (χ1v) is 6.22. The fourth-order valence-electron chi connectivity index (χ4n) is 2.07. The lowest BCUT2D eigenvalue weighted by atomic mass is 9.95. The molecular formula is C12H25NO2. The molecule has 1 saturated carbocycles. The third kappa shape index (κ3) is 5.50. The fourth-order valence-corrected chi connectivity index (χ4v) is 2.07. The molecule has 0 aromatic heterocycles. The van der Waals surface area contributed by atoms with Crippen LogP contribution in [0, 0.1) is 0 Å². The van der Waals surface area contributed by atoms with Gasteiger partial charge in [-0.25, -0.2) is 0 Å². The number of rotatable bonds is 7. The van der Waals surface area contributed by atoms with E-state index in [0.717, 1.165) is 26.1 Å². The van der Waals surface area contributed by atoms with Crippen molar-refractivity contribution in [2.24, 2.45) is 0 Å². The Morgan fingerprint density at radius 1 is 1.20 bits per heavy atom. The van der Waals surface area contributed by atoms with Gasteiger partial charge in [0, 0.05) is 13.7 Å². The van der Waals surface area contributed by atoms with Crippen LogP contribution >= 0.6 is 0 Å². The Kier molecular flexibility index (Phi) is 6.98. The second-order valence-electron chi connectivity index (χ2n) is 4.27. The molecule has 2 atom stereocenters. The van der Waals surface area contributed by atoms with Crippen molar-refractivity contribution in [3.8, 4) is 0 Å². The Morgan fingerprint density at radius 2 is 2.00 bits per heavy atom. The summed E-state index contributed by atoms with van der Waals surface area (Å²) in [6.45, 7) is 5.08. The molecule has 2 unspecified atom stereocenters. The van der Waals surface area contributed by atoms with Gasteiger partial charge in [0.2, 0.25) is 0 Å². The minimum absolute atomic E-state index is 0.423. The van der Waals surface area contributed by atoms with E-state index >= 15 is 0 Å². The summed E-state index contributed by atoms with van der Waals surface area (Å²) in [4.78, 5) is 0. The van der Waals surface area contributed by atoms with Gasteiger partial charge in [0.25, 0.3) is 0 Å². The zero-order valence-corrected chi connectivity index (χ0v) is 10.1. The highest BCUT2D eigenvalue weighted by molar-refractivity contribution is 4.73. The lowest BCUT2D eigenvalue weighted by Crippen LogP contribution is -2.30. The van der Waals surface area contributed by atoms with Crippen molar-refractivity contribution < 1.29 is 9.47 Å². The second-order valence-corrected chi connectivity index (χ2v) is 4.27. The highest BCUT2D eigenvalue weighted by Crippen LogP contribution is 2.22. The van der Waals surface area contributed by atoms with Gasteiger partial charge >= 0.3 is 0 Å². The van der Waals surface area contributed by atoms with Gasteiger partial charge in [-0.1, -0.05) is 6.92 Å². The van der Waals surface area contributed by atoms with Crippen LogP contribution in [0.5, 0.6) is 0 Å². The van der Waals surface area contributed by atoms with Gasteiger partial charge in [-0.05, 0) is 38.6 Å². The smallest absolute Gasteiger partial charge is 0.0600 e. The van der Waals surface area contributed by atoms with Crippen molar-refractivity contribution in [3.05, 3.63) is 0 Å². The summed E-state index contributed by atoms with van der Waals surface area (Å²) in [6.07, 6.45) is 6.75. The molecular weight excluding hydrogens is 190 g/mol. The normalized spacial score (nSPS) is 26.8. The molecule has 0 amide bonds. The van der Waals surface area contributed by atoms with Crippen molar-refractivity contribution in [1.82, 2.24) is 5.32 Å². The Bertz CT molecular complexity index is 153. The highest BCUT2D eigenvalue weighted by atomic mass is 16.5. The van der Waals surface area contributed by atoms with Crippen LogP contribution in [-0.4, -0.2) is 39.0 Å². The molecule has 0 bridgehead atoms. The molecule has 1 rings (SSSR count). The lowest BCUT2D eigenvalue weighted by Gasteiger charge is -2.28. The Balaban J connectivity index is 2.00. The van der Waals surface area contributed by atoms with E-state index in [2.05, 4.69) is 12.2 Å². The molecule has 1 aliphatic carbocycles. The Hall–Kier alpha value is -0.120. The summed E-state index contributed by atoms with van der Waals surface area (Å²) in [5.41, 5.74) is 0. The predicted octanol–water partition coefficient (Wildman–Crippen LogP) is 1.96. The molecule has 3 heteroatoms. The van der Waals surface area contributed by atoms with Crippen LogP contribution in [0.4, 0.5) is 0 Å². The largest absolute Gasteiger partial charge is 0.381 e. The summed E-state index contributed by atoms with van der Waals surface area (Å²) in [7, 11) is 1.80. The number of hydrogen-bond donors (Lipinski definition) is 1. The van der Waals surface area contributed by atoms with Gasteiger partial charge in [0.1, 0.15) is 0 Å². The third-order valence-corrected chi connectivity index (χ3v) is 2.97. The van der Waals surface area contributed by atoms with Gasteiger partial charge in [0.05, 0.1) is 18.8 Å². The van der Waals surface area contributed by atoms with Crippen molar-refractivity contribution in [2.75, 3.05) is 26.8 Å². The van der Waals surface area contributed by atoms with Crippen LogP contribution in [0.15, 0.2) is 0 Å². The average Bonchev–Trinajstić information content (AvgIpc) is 2.29. The minimum Gasteiger partial charge on any atom is -0.381 e. The summed E-state index contributed by atoms with van der Waals surface area (Å²) < 4.78 is 11.2. The number of nitrogens with one attached hydrogen (secondary N) is 1. The topological polar surface area (TPSA) is 30.5 Å². The molecule has 0 aromatic carbocycles. The SMILES string of the molecule is CCCNCCOC1CCCC(OC)C1. The monoisotopic (exact) mass is 215 g/mol. The van der Waals surface area contributed by atoms with Crippen molar-refractivity contribution in [2.45, 2.75) is 51.2 Å². The number of hydrogen-bond acceptors (Lipinski definition) is 3. The maximum atomic E-state index is 5.82. The molecule has 1 fully saturated rings. The van der Waals surface area contributed by atoms with E-state index in [1.165, 1.54) is 25.7 Å². The zero-order chi connectivity index (χ0) is 10.9.